The predicted octanol–water partition coefficient (Wildman–Crippen LogP) is 1.46. The summed E-state index contributed by atoms with van der Waals surface area (Å²) in [5, 5.41) is 3.68. The summed E-state index contributed by atoms with van der Waals surface area (Å²) in [7, 11) is -3.63. The van der Waals surface area contributed by atoms with Gasteiger partial charge >= 0.3 is 0 Å². The number of nitrogens with zero attached hydrogens (tertiary/aromatic N) is 2. The monoisotopic (exact) mass is 301 g/mol. The van der Waals surface area contributed by atoms with Gasteiger partial charge in [-0.1, -0.05) is 15.9 Å². The van der Waals surface area contributed by atoms with Gasteiger partial charge in [0.1, 0.15) is 5.82 Å². The van der Waals surface area contributed by atoms with Crippen LogP contribution in [0.4, 0.5) is 5.82 Å². The highest BCUT2D eigenvalue weighted by atomic mass is 79.9. The van der Waals surface area contributed by atoms with Crippen molar-refractivity contribution < 1.29 is 8.42 Å². The van der Waals surface area contributed by atoms with E-state index in [2.05, 4.69) is 21.0 Å². The van der Waals surface area contributed by atoms with E-state index in [0.29, 0.717) is 0 Å². The molecule has 0 unspecified atom stereocenters. The number of anilines is 1. The minimum absolute atomic E-state index is 0.166. The lowest BCUT2D eigenvalue weighted by molar-refractivity contribution is 0.580. The minimum atomic E-state index is -3.63. The molecule has 5 nitrogen and oxygen atoms in total. The van der Waals surface area contributed by atoms with Crippen molar-refractivity contribution in [3.05, 3.63) is 41.0 Å². The van der Waals surface area contributed by atoms with E-state index in [0.717, 1.165) is 8.56 Å². The molecule has 2 rings (SSSR count). The lowest BCUT2D eigenvalue weighted by atomic mass is 10.4. The summed E-state index contributed by atoms with van der Waals surface area (Å²) in [6, 6.07) is 7.73. The SMILES string of the molecule is Nc1ccn(S(=O)(=O)c2ccc(Br)cc2)n1. The summed E-state index contributed by atoms with van der Waals surface area (Å²) in [4.78, 5) is 0.166. The highest BCUT2D eigenvalue weighted by Crippen LogP contribution is 2.17. The van der Waals surface area contributed by atoms with Crippen LogP contribution in [-0.4, -0.2) is 17.6 Å². The van der Waals surface area contributed by atoms with Crippen molar-refractivity contribution in [3.8, 4) is 0 Å². The fourth-order valence-corrected chi connectivity index (χ4v) is 2.55. The molecule has 16 heavy (non-hydrogen) atoms. The zero-order chi connectivity index (χ0) is 11.8. The predicted molar refractivity (Wildman–Crippen MR) is 63.4 cm³/mol. The summed E-state index contributed by atoms with van der Waals surface area (Å²) in [6.45, 7) is 0. The van der Waals surface area contributed by atoms with Crippen molar-refractivity contribution in [1.29, 1.82) is 0 Å². The smallest absolute Gasteiger partial charge is 0.283 e. The van der Waals surface area contributed by atoms with Crippen molar-refractivity contribution in [2.45, 2.75) is 4.90 Å². The molecule has 0 saturated carbocycles. The van der Waals surface area contributed by atoms with E-state index in [4.69, 9.17) is 5.73 Å². The van der Waals surface area contributed by atoms with Crippen LogP contribution >= 0.6 is 15.9 Å². The third kappa shape index (κ3) is 1.96. The zero-order valence-electron chi connectivity index (χ0n) is 8.04. The van der Waals surface area contributed by atoms with Gasteiger partial charge in [-0.05, 0) is 24.3 Å². The van der Waals surface area contributed by atoms with Gasteiger partial charge in [0.25, 0.3) is 10.0 Å². The van der Waals surface area contributed by atoms with Crippen LogP contribution in [0.5, 0.6) is 0 Å². The maximum Gasteiger partial charge on any atom is 0.283 e. The van der Waals surface area contributed by atoms with Gasteiger partial charge in [-0.25, -0.2) is 0 Å². The second kappa shape index (κ2) is 3.91. The number of nitrogens with two attached hydrogens (primary N) is 1. The maximum atomic E-state index is 12.0. The van der Waals surface area contributed by atoms with E-state index >= 15 is 0 Å². The lowest BCUT2D eigenvalue weighted by Crippen LogP contribution is -2.13. The number of halogens is 1. The summed E-state index contributed by atoms with van der Waals surface area (Å²) >= 11 is 3.24. The Morgan fingerprint density at radius 2 is 1.81 bits per heavy atom. The van der Waals surface area contributed by atoms with Crippen LogP contribution < -0.4 is 5.73 Å². The van der Waals surface area contributed by atoms with Gasteiger partial charge in [0, 0.05) is 16.7 Å². The van der Waals surface area contributed by atoms with Gasteiger partial charge < -0.3 is 5.73 Å². The van der Waals surface area contributed by atoms with Crippen LogP contribution in [0.2, 0.25) is 0 Å². The summed E-state index contributed by atoms with van der Waals surface area (Å²) in [6.07, 6.45) is 1.31. The first kappa shape index (κ1) is 11.2. The van der Waals surface area contributed by atoms with Gasteiger partial charge in [0.2, 0.25) is 0 Å². The molecule has 2 aromatic rings. The van der Waals surface area contributed by atoms with Crippen molar-refractivity contribution in [2.75, 3.05) is 5.73 Å². The summed E-state index contributed by atoms with van der Waals surface area (Å²) in [5.41, 5.74) is 5.37. The average Bonchev–Trinajstić information content (AvgIpc) is 2.66. The van der Waals surface area contributed by atoms with Gasteiger partial charge in [-0.3, -0.25) is 0 Å². The molecule has 84 valence electrons. The van der Waals surface area contributed by atoms with E-state index in [1.165, 1.54) is 24.4 Å². The molecule has 0 aliphatic heterocycles. The fraction of sp³-hybridized carbons (Fsp3) is 0. The number of nitrogen functional groups attached to an aromatic ring is 1. The number of benzene rings is 1. The largest absolute Gasteiger partial charge is 0.382 e. The molecular weight excluding hydrogens is 294 g/mol. The van der Waals surface area contributed by atoms with Crippen LogP contribution in [0.25, 0.3) is 0 Å². The van der Waals surface area contributed by atoms with E-state index in [1.807, 2.05) is 0 Å². The first-order valence-electron chi connectivity index (χ1n) is 4.32. The highest BCUT2D eigenvalue weighted by molar-refractivity contribution is 9.10. The molecule has 1 aromatic carbocycles. The number of hydrogen-bond acceptors (Lipinski definition) is 4. The Morgan fingerprint density at radius 1 is 1.19 bits per heavy atom. The van der Waals surface area contributed by atoms with Crippen LogP contribution in [0.15, 0.2) is 45.9 Å². The third-order valence-electron chi connectivity index (χ3n) is 1.94. The average molecular weight is 302 g/mol. The molecule has 0 spiro atoms. The number of hydrogen-bond donors (Lipinski definition) is 1. The Kier molecular flexibility index (Phi) is 2.73. The molecular formula is C9H8BrN3O2S. The first-order valence-corrected chi connectivity index (χ1v) is 6.56. The van der Waals surface area contributed by atoms with Gasteiger partial charge in [-0.15, -0.1) is 5.10 Å². The standard InChI is InChI=1S/C9H8BrN3O2S/c10-7-1-3-8(4-2-7)16(14,15)13-6-5-9(11)12-13/h1-6H,(H2,11,12). The van der Waals surface area contributed by atoms with Gasteiger partial charge in [-0.2, -0.15) is 12.5 Å². The van der Waals surface area contributed by atoms with E-state index in [9.17, 15) is 8.42 Å². The molecule has 0 bridgehead atoms. The molecule has 1 heterocycles. The molecule has 0 aliphatic rings. The Bertz CT molecular complexity index is 604. The van der Waals surface area contributed by atoms with Crippen molar-refractivity contribution in [3.63, 3.8) is 0 Å². The maximum absolute atomic E-state index is 12.0. The number of aromatic nitrogens is 2. The van der Waals surface area contributed by atoms with E-state index in [-0.39, 0.29) is 10.7 Å². The normalized spacial score (nSPS) is 11.6. The summed E-state index contributed by atoms with van der Waals surface area (Å²) in [5.74, 6) is 0.167. The molecule has 0 fully saturated rings. The van der Waals surface area contributed by atoms with Crippen molar-refractivity contribution >= 4 is 31.8 Å². The molecule has 7 heteroatoms. The van der Waals surface area contributed by atoms with Gasteiger partial charge in [0.05, 0.1) is 4.90 Å². The molecule has 0 radical (unpaired) electrons. The van der Waals surface area contributed by atoms with Crippen LogP contribution in [0.1, 0.15) is 0 Å². The van der Waals surface area contributed by atoms with Crippen LogP contribution in [-0.2, 0) is 10.0 Å². The minimum Gasteiger partial charge on any atom is -0.382 e. The molecule has 1 aromatic heterocycles. The number of rotatable bonds is 2. The Balaban J connectivity index is 2.51. The lowest BCUT2D eigenvalue weighted by Gasteiger charge is -2.03. The Morgan fingerprint density at radius 3 is 2.31 bits per heavy atom. The molecule has 0 amide bonds. The van der Waals surface area contributed by atoms with Crippen molar-refractivity contribution in [2.24, 2.45) is 0 Å². The summed E-state index contributed by atoms with van der Waals surface area (Å²) < 4.78 is 25.6. The molecule has 2 N–H and O–H groups in total. The Hall–Kier alpha value is -1.34. The van der Waals surface area contributed by atoms with E-state index < -0.39 is 10.0 Å². The van der Waals surface area contributed by atoms with E-state index in [1.54, 1.807) is 12.1 Å². The zero-order valence-corrected chi connectivity index (χ0v) is 10.4. The molecule has 0 atom stereocenters. The highest BCUT2D eigenvalue weighted by Gasteiger charge is 2.17. The van der Waals surface area contributed by atoms with Crippen LogP contribution in [0, 0.1) is 0 Å². The Labute approximate surface area is 101 Å². The topological polar surface area (TPSA) is 78.0 Å². The fourth-order valence-electron chi connectivity index (χ4n) is 1.17. The first-order chi connectivity index (χ1) is 7.50. The third-order valence-corrected chi connectivity index (χ3v) is 4.04. The van der Waals surface area contributed by atoms with Crippen LogP contribution in [0.3, 0.4) is 0 Å². The molecule has 0 aliphatic carbocycles. The second-order valence-corrected chi connectivity index (χ2v) is 5.78. The van der Waals surface area contributed by atoms with Crippen molar-refractivity contribution in [1.82, 2.24) is 9.19 Å². The van der Waals surface area contributed by atoms with Gasteiger partial charge in [0.15, 0.2) is 0 Å². The second-order valence-electron chi connectivity index (χ2n) is 3.07. The molecule has 0 saturated heterocycles. The quantitative estimate of drug-likeness (QED) is 0.911.